The van der Waals surface area contributed by atoms with Crippen molar-refractivity contribution in [3.8, 4) is 0 Å². The molecule has 1 radical (unpaired) electrons. The van der Waals surface area contributed by atoms with E-state index in [0.29, 0.717) is 0 Å². The Labute approximate surface area is 131 Å². The van der Waals surface area contributed by atoms with Crippen molar-refractivity contribution in [3.63, 3.8) is 0 Å². The quantitative estimate of drug-likeness (QED) is 0.485. The van der Waals surface area contributed by atoms with E-state index in [1.54, 1.807) is 0 Å². The van der Waals surface area contributed by atoms with Crippen LogP contribution < -0.4 is 4.73 Å². The van der Waals surface area contributed by atoms with E-state index in [4.69, 9.17) is 23.1 Å². The fraction of sp³-hybridized carbons (Fsp3) is 0.143. The summed E-state index contributed by atoms with van der Waals surface area (Å²) >= 11 is 5.61. The van der Waals surface area contributed by atoms with Gasteiger partial charge in [0.15, 0.2) is 0 Å². The van der Waals surface area contributed by atoms with Gasteiger partial charge in [-0.05, 0) is 12.1 Å². The molecule has 0 unspecified atom stereocenters. The summed E-state index contributed by atoms with van der Waals surface area (Å²) in [4.78, 5) is 10.4. The zero-order chi connectivity index (χ0) is 10.0. The summed E-state index contributed by atoms with van der Waals surface area (Å²) in [5.41, 5.74) is 13.7. The second-order valence-corrected chi connectivity index (χ2v) is 2.81. The first-order valence-electron chi connectivity index (χ1n) is 3.39. The van der Waals surface area contributed by atoms with E-state index in [9.17, 15) is 10.0 Å². The predicted octanol–water partition coefficient (Wildman–Crippen LogP) is 1.77. The molecular formula is C7H6ClN3O2WY-2. The minimum Gasteiger partial charge on any atom is -0.804 e. The van der Waals surface area contributed by atoms with Crippen molar-refractivity contribution in [1.82, 2.24) is 0 Å². The average molecular weight is 472 g/mol. The molecule has 1 heterocycles. The van der Waals surface area contributed by atoms with Crippen LogP contribution in [0.5, 0.6) is 0 Å². The van der Waals surface area contributed by atoms with Crippen LogP contribution in [0.1, 0.15) is 5.69 Å². The van der Waals surface area contributed by atoms with Crippen molar-refractivity contribution in [2.24, 2.45) is 0 Å². The maximum atomic E-state index is 11.1. The van der Waals surface area contributed by atoms with E-state index < -0.39 is 5.91 Å². The molecule has 8 heteroatoms. The Morgan fingerprint density at radius 1 is 1.53 bits per heavy atom. The molecule has 0 aliphatic carbocycles. The second-order valence-electron chi connectivity index (χ2n) is 2.41. The molecule has 0 aromatic carbocycles. The van der Waals surface area contributed by atoms with Gasteiger partial charge < -0.3 is 20.5 Å². The molecule has 0 bridgehead atoms. The van der Waals surface area contributed by atoms with Gasteiger partial charge in [0.05, 0.1) is 10.9 Å². The van der Waals surface area contributed by atoms with Gasteiger partial charge in [-0.25, -0.2) is 0 Å². The molecule has 0 aliphatic rings. The third kappa shape index (κ3) is 4.77. The zero-order valence-electron chi connectivity index (χ0n) is 7.49. The molecule has 0 aliphatic heterocycles. The number of carbonyl (C=O) groups excluding carboxylic acids is 1. The molecule has 0 fully saturated rings. The number of hydrogen-bond acceptors (Lipinski definition) is 2. The summed E-state index contributed by atoms with van der Waals surface area (Å²) in [6.45, 7) is 0. The van der Waals surface area contributed by atoms with Gasteiger partial charge in [0, 0.05) is 65.9 Å². The number of nitrogens with one attached hydrogen (secondary N) is 2. The van der Waals surface area contributed by atoms with Gasteiger partial charge in [-0.3, -0.25) is 5.73 Å². The van der Waals surface area contributed by atoms with Crippen LogP contribution in [0, 0.1) is 5.21 Å². The van der Waals surface area contributed by atoms with Gasteiger partial charge in [0.2, 0.25) is 0 Å². The molecule has 0 spiro atoms. The smallest absolute Gasteiger partial charge is 0.120 e. The molecule has 0 saturated heterocycles. The summed E-state index contributed by atoms with van der Waals surface area (Å²) in [5, 5.41) is 11.2. The first-order valence-corrected chi connectivity index (χ1v) is 3.77. The molecule has 79 valence electrons. The van der Waals surface area contributed by atoms with Crippen molar-refractivity contribution in [2.45, 2.75) is 6.42 Å². The van der Waals surface area contributed by atoms with Crippen molar-refractivity contribution in [1.29, 1.82) is 0 Å². The van der Waals surface area contributed by atoms with Gasteiger partial charge in [-0.1, -0.05) is 11.6 Å². The molecule has 1 amide bonds. The number of pyridine rings is 1. The summed E-state index contributed by atoms with van der Waals surface area (Å²) in [6.07, 6.45) is -0.366. The summed E-state index contributed by atoms with van der Waals surface area (Å²) in [6, 6.07) is 2.59. The Kier molecular flexibility index (Phi) is 8.91. The number of hydrogen-bond donors (Lipinski definition) is 0. The van der Waals surface area contributed by atoms with Crippen molar-refractivity contribution < 1.29 is 63.3 Å². The second kappa shape index (κ2) is 7.56. The summed E-state index contributed by atoms with van der Waals surface area (Å²) in [7, 11) is 0. The minimum atomic E-state index is -0.905. The molecule has 1 aromatic heterocycles. The van der Waals surface area contributed by atoms with E-state index in [1.165, 1.54) is 12.1 Å². The largest absolute Gasteiger partial charge is 0.804 e. The first-order chi connectivity index (χ1) is 6.02. The monoisotopic (exact) mass is 472 g/mol. The number of aromatic nitrogens is 1. The molecule has 5 nitrogen and oxygen atoms in total. The van der Waals surface area contributed by atoms with E-state index in [0.717, 1.165) is 0 Å². The number of nitrogens with zero attached hydrogens (tertiary/aromatic N) is 1. The molecule has 1 rings (SSSR count). The van der Waals surface area contributed by atoms with Crippen LogP contribution in [0.25, 0.3) is 11.5 Å². The summed E-state index contributed by atoms with van der Waals surface area (Å²) in [5.74, 6) is -1.20. The Balaban J connectivity index is 0. The number of halogens is 1. The topological polar surface area (TPSA) is 91.6 Å². The van der Waals surface area contributed by atoms with Crippen LogP contribution in [-0.4, -0.2) is 5.91 Å². The Morgan fingerprint density at radius 3 is 2.53 bits per heavy atom. The van der Waals surface area contributed by atoms with Crippen LogP contribution in [0.4, 0.5) is 5.82 Å². The van der Waals surface area contributed by atoms with Crippen LogP contribution in [0.2, 0.25) is 5.02 Å². The standard InChI is InChI=1S/C7H7ClN3O2.W.Y/c8-4-1-2-6(9)11(13)5(4)3-7(10)12;;/h1-2,9H,3H2,(H2,10,12);;/q-1;;/p-1. The van der Waals surface area contributed by atoms with Gasteiger partial charge in [-0.15, -0.1) is 0 Å². The van der Waals surface area contributed by atoms with Gasteiger partial charge in [0.25, 0.3) is 0 Å². The van der Waals surface area contributed by atoms with E-state index >= 15 is 0 Å². The first kappa shape index (κ1) is 17.7. The SMILES string of the molecule is [NH-]C(=O)Cc1c(Cl)ccc([NH-])[n+]1[O-].[W].[Y]. The molecule has 0 atom stereocenters. The molecule has 1 aromatic rings. The van der Waals surface area contributed by atoms with Crippen LogP contribution in [0.15, 0.2) is 12.1 Å². The maximum Gasteiger partial charge on any atom is 0.120 e. The van der Waals surface area contributed by atoms with Gasteiger partial charge in [0.1, 0.15) is 5.82 Å². The van der Waals surface area contributed by atoms with E-state index in [2.05, 4.69) is 0 Å². The van der Waals surface area contributed by atoms with Crippen molar-refractivity contribution in [3.05, 3.63) is 39.5 Å². The van der Waals surface area contributed by atoms with Crippen LogP contribution >= 0.6 is 11.6 Å². The zero-order valence-corrected chi connectivity index (χ0v) is 14.0. The van der Waals surface area contributed by atoms with Crippen LogP contribution in [-0.2, 0) is 65.0 Å². The molecule has 2 N–H and O–H groups in total. The van der Waals surface area contributed by atoms with Crippen molar-refractivity contribution in [2.75, 3.05) is 0 Å². The molecule has 15 heavy (non-hydrogen) atoms. The Bertz CT molecular complexity index is 364. The average Bonchev–Trinajstić information content (AvgIpc) is 2.05. The maximum absolute atomic E-state index is 11.1. The normalized spacial score (nSPS) is 8.60. The van der Waals surface area contributed by atoms with E-state index in [-0.39, 0.29) is 81.5 Å². The van der Waals surface area contributed by atoms with Crippen LogP contribution in [0.3, 0.4) is 0 Å². The fourth-order valence-corrected chi connectivity index (χ4v) is 1.07. The number of carbonyl (C=O) groups is 1. The predicted molar refractivity (Wildman–Crippen MR) is 47.4 cm³/mol. The third-order valence-corrected chi connectivity index (χ3v) is 1.80. The van der Waals surface area contributed by atoms with E-state index in [1.807, 2.05) is 0 Å². The van der Waals surface area contributed by atoms with Gasteiger partial charge >= 0.3 is 0 Å². The Hall–Kier alpha value is 0.302. The fourth-order valence-electron chi connectivity index (χ4n) is 0.867. The summed E-state index contributed by atoms with van der Waals surface area (Å²) < 4.78 is 0.245. The van der Waals surface area contributed by atoms with Crippen molar-refractivity contribution >= 4 is 23.3 Å². The number of amides is 1. The molecular weight excluding hydrogens is 466 g/mol. The van der Waals surface area contributed by atoms with Gasteiger partial charge in [-0.2, -0.15) is 0 Å². The number of rotatable bonds is 2. The third-order valence-electron chi connectivity index (χ3n) is 1.46. The minimum absolute atomic E-state index is 0. The Morgan fingerprint density at radius 2 is 2.07 bits per heavy atom. The molecule has 0 saturated carbocycles.